The fourth-order valence-electron chi connectivity index (χ4n) is 3.28. The van der Waals surface area contributed by atoms with E-state index in [0.29, 0.717) is 32.0 Å². The Morgan fingerprint density at radius 2 is 1.84 bits per heavy atom. The van der Waals surface area contributed by atoms with Crippen molar-refractivity contribution in [1.29, 1.82) is 0 Å². The number of hydrogen-bond acceptors (Lipinski definition) is 6. The molecule has 0 fully saturated rings. The number of rotatable bonds is 16. The Labute approximate surface area is 192 Å². The summed E-state index contributed by atoms with van der Waals surface area (Å²) in [5.74, 6) is -0.0680. The van der Waals surface area contributed by atoms with E-state index in [2.05, 4.69) is 13.8 Å². The maximum atomic E-state index is 12.9. The van der Waals surface area contributed by atoms with Gasteiger partial charge in [-0.05, 0) is 43.0 Å². The van der Waals surface area contributed by atoms with Crippen LogP contribution in [-0.4, -0.2) is 72.7 Å². The Morgan fingerprint density at radius 3 is 2.35 bits per heavy atom. The lowest BCUT2D eigenvalue weighted by Crippen LogP contribution is -2.47. The van der Waals surface area contributed by atoms with Gasteiger partial charge in [-0.1, -0.05) is 33.8 Å². The van der Waals surface area contributed by atoms with E-state index in [1.165, 1.54) is 4.31 Å². The lowest BCUT2D eigenvalue weighted by atomic mass is 10.1. The summed E-state index contributed by atoms with van der Waals surface area (Å²) in [6.07, 6.45) is 1.85. The third-order valence-corrected chi connectivity index (χ3v) is 7.93. The van der Waals surface area contributed by atoms with E-state index < -0.39 is 22.2 Å². The first-order valence-corrected chi connectivity index (χ1v) is 13.8. The lowest BCUT2D eigenvalue weighted by molar-refractivity contribution is -0.132. The summed E-state index contributed by atoms with van der Waals surface area (Å²) in [5, 5.41) is 12.6. The monoisotopic (exact) mass is 475 g/mol. The second-order valence-electron chi connectivity index (χ2n) is 8.50. The summed E-state index contributed by atoms with van der Waals surface area (Å²) in [6, 6.07) is 3.43. The van der Waals surface area contributed by atoms with Crippen molar-refractivity contribution in [3.8, 4) is 0 Å². The van der Waals surface area contributed by atoms with Crippen molar-refractivity contribution in [2.24, 2.45) is 11.7 Å². The van der Waals surface area contributed by atoms with Crippen LogP contribution in [0.4, 0.5) is 0 Å². The van der Waals surface area contributed by atoms with E-state index >= 15 is 0 Å². The SMILES string of the molecule is CCCN(CCC)S(=O)(=O)CCC(=O)N(CCC(C)C)CC(O)C(N)Cc1cccs1. The minimum Gasteiger partial charge on any atom is -0.390 e. The maximum absolute atomic E-state index is 12.9. The first kappa shape index (κ1) is 28.0. The first-order chi connectivity index (χ1) is 14.6. The van der Waals surface area contributed by atoms with Crippen molar-refractivity contribution < 1.29 is 18.3 Å². The van der Waals surface area contributed by atoms with Gasteiger partial charge in [-0.15, -0.1) is 11.3 Å². The molecule has 0 bridgehead atoms. The highest BCUT2D eigenvalue weighted by atomic mass is 32.2. The van der Waals surface area contributed by atoms with Gasteiger partial charge >= 0.3 is 0 Å². The fraction of sp³-hybridized carbons (Fsp3) is 0.773. The minimum absolute atomic E-state index is 0.0861. The number of amides is 1. The van der Waals surface area contributed by atoms with Gasteiger partial charge in [-0.2, -0.15) is 0 Å². The zero-order valence-corrected chi connectivity index (χ0v) is 21.1. The van der Waals surface area contributed by atoms with Gasteiger partial charge in [0.25, 0.3) is 0 Å². The molecule has 0 spiro atoms. The standard InChI is InChI=1S/C22H41N3O4S2/c1-5-11-25(12-6-2)31(28,29)15-10-22(27)24(13-9-18(3)4)17-21(26)20(23)16-19-8-7-14-30-19/h7-8,14,18,20-21,26H,5-6,9-13,15-17,23H2,1-4H3. The Hall–Kier alpha value is -1.00. The van der Waals surface area contributed by atoms with Crippen LogP contribution in [0.15, 0.2) is 17.5 Å². The van der Waals surface area contributed by atoms with E-state index in [1.807, 2.05) is 31.4 Å². The number of carbonyl (C=O) groups is 1. The van der Waals surface area contributed by atoms with Gasteiger partial charge in [0.05, 0.1) is 11.9 Å². The molecule has 1 amide bonds. The second kappa shape index (κ2) is 14.2. The Morgan fingerprint density at radius 1 is 1.19 bits per heavy atom. The van der Waals surface area contributed by atoms with Crippen LogP contribution in [-0.2, 0) is 21.2 Å². The number of sulfonamides is 1. The highest BCUT2D eigenvalue weighted by Gasteiger charge is 2.26. The van der Waals surface area contributed by atoms with Crippen LogP contribution < -0.4 is 5.73 Å². The smallest absolute Gasteiger partial charge is 0.223 e. The molecule has 0 saturated heterocycles. The molecule has 2 unspecified atom stereocenters. The molecule has 1 aromatic rings. The summed E-state index contributed by atoms with van der Waals surface area (Å²) in [7, 11) is -3.49. The molecule has 2 atom stereocenters. The number of nitrogens with zero attached hydrogens (tertiary/aromatic N) is 2. The zero-order valence-electron chi connectivity index (χ0n) is 19.5. The number of aliphatic hydroxyl groups is 1. The molecule has 0 aliphatic carbocycles. The molecule has 1 rings (SSSR count). The molecule has 1 aromatic heterocycles. The van der Waals surface area contributed by atoms with Crippen molar-refractivity contribution in [2.45, 2.75) is 71.9 Å². The summed E-state index contributed by atoms with van der Waals surface area (Å²) in [4.78, 5) is 15.6. The molecule has 0 aliphatic heterocycles. The highest BCUT2D eigenvalue weighted by Crippen LogP contribution is 2.14. The van der Waals surface area contributed by atoms with E-state index in [9.17, 15) is 18.3 Å². The number of thiophene rings is 1. The van der Waals surface area contributed by atoms with E-state index in [1.54, 1.807) is 16.2 Å². The quantitative estimate of drug-likeness (QED) is 0.383. The number of aliphatic hydroxyl groups excluding tert-OH is 1. The van der Waals surface area contributed by atoms with Gasteiger partial charge in [0, 0.05) is 43.5 Å². The number of hydrogen-bond donors (Lipinski definition) is 2. The third kappa shape index (κ3) is 10.4. The Bertz CT molecular complexity index is 717. The van der Waals surface area contributed by atoms with Crippen LogP contribution in [0.1, 0.15) is 58.3 Å². The molecule has 31 heavy (non-hydrogen) atoms. The van der Waals surface area contributed by atoms with E-state index in [0.717, 1.165) is 24.1 Å². The molecule has 0 aromatic carbocycles. The third-order valence-electron chi connectivity index (χ3n) is 5.16. The minimum atomic E-state index is -3.49. The summed E-state index contributed by atoms with van der Waals surface area (Å²) in [5.41, 5.74) is 6.18. The fourth-order valence-corrected chi connectivity index (χ4v) is 5.67. The average Bonchev–Trinajstić information content (AvgIpc) is 3.21. The van der Waals surface area contributed by atoms with Crippen molar-refractivity contribution in [3.63, 3.8) is 0 Å². The molecule has 1 heterocycles. The molecular weight excluding hydrogens is 434 g/mol. The maximum Gasteiger partial charge on any atom is 0.223 e. The van der Waals surface area contributed by atoms with Crippen molar-refractivity contribution in [1.82, 2.24) is 9.21 Å². The van der Waals surface area contributed by atoms with Crippen molar-refractivity contribution in [2.75, 3.05) is 31.9 Å². The molecule has 180 valence electrons. The molecule has 0 saturated carbocycles. The predicted molar refractivity (Wildman–Crippen MR) is 129 cm³/mol. The molecule has 7 nitrogen and oxygen atoms in total. The number of nitrogens with two attached hydrogens (primary N) is 1. The average molecular weight is 476 g/mol. The summed E-state index contributed by atoms with van der Waals surface area (Å²) >= 11 is 1.59. The van der Waals surface area contributed by atoms with E-state index in [-0.39, 0.29) is 24.6 Å². The lowest BCUT2D eigenvalue weighted by Gasteiger charge is -2.29. The van der Waals surface area contributed by atoms with Crippen LogP contribution in [0.2, 0.25) is 0 Å². The van der Waals surface area contributed by atoms with Crippen LogP contribution in [0.5, 0.6) is 0 Å². The van der Waals surface area contributed by atoms with E-state index in [4.69, 9.17) is 5.73 Å². The highest BCUT2D eigenvalue weighted by molar-refractivity contribution is 7.89. The van der Waals surface area contributed by atoms with Crippen LogP contribution in [0, 0.1) is 5.92 Å². The van der Waals surface area contributed by atoms with Gasteiger partial charge in [0.15, 0.2) is 0 Å². The summed E-state index contributed by atoms with van der Waals surface area (Å²) < 4.78 is 26.9. The first-order valence-electron chi connectivity index (χ1n) is 11.3. The largest absolute Gasteiger partial charge is 0.390 e. The van der Waals surface area contributed by atoms with Gasteiger partial charge < -0.3 is 15.7 Å². The predicted octanol–water partition coefficient (Wildman–Crippen LogP) is 2.70. The van der Waals surface area contributed by atoms with Gasteiger partial charge in [-0.3, -0.25) is 4.79 Å². The normalized spacial score (nSPS) is 14.2. The van der Waals surface area contributed by atoms with Crippen LogP contribution in [0.3, 0.4) is 0 Å². The van der Waals surface area contributed by atoms with Gasteiger partial charge in [0.1, 0.15) is 0 Å². The van der Waals surface area contributed by atoms with Crippen molar-refractivity contribution >= 4 is 27.3 Å². The van der Waals surface area contributed by atoms with Crippen molar-refractivity contribution in [3.05, 3.63) is 22.4 Å². The Kier molecular flexibility index (Phi) is 12.9. The molecule has 0 aliphatic rings. The molecule has 3 N–H and O–H groups in total. The zero-order chi connectivity index (χ0) is 23.4. The van der Waals surface area contributed by atoms with Crippen LogP contribution >= 0.6 is 11.3 Å². The topological polar surface area (TPSA) is 104 Å². The molecule has 9 heteroatoms. The molecule has 0 radical (unpaired) electrons. The second-order valence-corrected chi connectivity index (χ2v) is 11.6. The number of carbonyl (C=O) groups excluding carboxylic acids is 1. The summed E-state index contributed by atoms with van der Waals surface area (Å²) in [6.45, 7) is 9.56. The van der Waals surface area contributed by atoms with Gasteiger partial charge in [0.2, 0.25) is 15.9 Å². The molecular formula is C22H41N3O4S2. The van der Waals surface area contributed by atoms with Gasteiger partial charge in [-0.25, -0.2) is 12.7 Å². The Balaban J connectivity index is 2.75. The van der Waals surface area contributed by atoms with Crippen LogP contribution in [0.25, 0.3) is 0 Å².